The van der Waals surface area contributed by atoms with Gasteiger partial charge in [-0.25, -0.2) is 4.39 Å². The van der Waals surface area contributed by atoms with Crippen molar-refractivity contribution in [2.45, 2.75) is 18.5 Å². The highest BCUT2D eigenvalue weighted by atomic mass is 35.5. The van der Waals surface area contributed by atoms with Crippen LogP contribution in [0.5, 0.6) is 0 Å². The van der Waals surface area contributed by atoms with Crippen molar-refractivity contribution in [1.29, 1.82) is 0 Å². The first-order valence-corrected chi connectivity index (χ1v) is 10.5. The van der Waals surface area contributed by atoms with Crippen molar-refractivity contribution in [2.24, 2.45) is 5.92 Å². The summed E-state index contributed by atoms with van der Waals surface area (Å²) < 4.78 is 13.9. The predicted octanol–water partition coefficient (Wildman–Crippen LogP) is 6.10. The summed E-state index contributed by atoms with van der Waals surface area (Å²) in [4.78, 5) is 26.2. The zero-order valence-electron chi connectivity index (χ0n) is 16.7. The van der Waals surface area contributed by atoms with Crippen molar-refractivity contribution < 1.29 is 14.0 Å². The molecule has 1 heterocycles. The molecule has 3 atom stereocenters. The largest absolute Gasteiger partial charge is 0.325 e. The number of rotatable bonds is 5. The number of carbonyl (C=O) groups excluding carboxylic acids is 2. The summed E-state index contributed by atoms with van der Waals surface area (Å²) in [5.74, 6) is -1.38. The van der Waals surface area contributed by atoms with E-state index in [2.05, 4.69) is 10.6 Å². The van der Waals surface area contributed by atoms with Crippen molar-refractivity contribution in [2.75, 3.05) is 5.32 Å². The second kappa shape index (κ2) is 10.5. The van der Waals surface area contributed by atoms with Crippen LogP contribution in [-0.4, -0.2) is 17.7 Å². The van der Waals surface area contributed by atoms with Gasteiger partial charge < -0.3 is 5.32 Å². The van der Waals surface area contributed by atoms with E-state index in [1.54, 1.807) is 60.7 Å². The molecule has 1 saturated heterocycles. The van der Waals surface area contributed by atoms with Crippen LogP contribution < -0.4 is 10.6 Å². The zero-order chi connectivity index (χ0) is 22.0. The molecule has 0 radical (unpaired) electrons. The van der Waals surface area contributed by atoms with Crippen molar-refractivity contribution in [3.05, 3.63) is 99.8 Å². The lowest BCUT2D eigenvalue weighted by atomic mass is 9.86. The summed E-state index contributed by atoms with van der Waals surface area (Å²) in [7, 11) is 0. The molecule has 2 N–H and O–H groups in total. The highest BCUT2D eigenvalue weighted by molar-refractivity contribution is 6.31. The highest BCUT2D eigenvalue weighted by Crippen LogP contribution is 2.36. The fraction of sp³-hybridized carbons (Fsp3) is 0.167. The molecule has 0 saturated carbocycles. The van der Waals surface area contributed by atoms with Gasteiger partial charge in [-0.05, 0) is 60.5 Å². The minimum atomic E-state index is -0.628. The van der Waals surface area contributed by atoms with E-state index in [0.29, 0.717) is 26.9 Å². The number of hydrogen-bond acceptors (Lipinski definition) is 3. The summed E-state index contributed by atoms with van der Waals surface area (Å²) in [6, 6.07) is 18.4. The number of ketones is 1. The molecule has 166 valence electrons. The molecule has 4 rings (SSSR count). The third-order valence-electron chi connectivity index (χ3n) is 5.35. The fourth-order valence-electron chi connectivity index (χ4n) is 3.88. The van der Waals surface area contributed by atoms with E-state index in [-0.39, 0.29) is 30.5 Å². The van der Waals surface area contributed by atoms with Gasteiger partial charge in [-0.1, -0.05) is 47.5 Å². The normalized spacial score (nSPS) is 19.8. The van der Waals surface area contributed by atoms with Crippen molar-refractivity contribution in [3.8, 4) is 0 Å². The van der Waals surface area contributed by atoms with Crippen LogP contribution in [0.15, 0.2) is 72.8 Å². The highest BCUT2D eigenvalue weighted by Gasteiger charge is 2.42. The van der Waals surface area contributed by atoms with Crippen LogP contribution in [0.4, 0.5) is 10.1 Å². The summed E-state index contributed by atoms with van der Waals surface area (Å²) in [6.07, 6.45) is 0.270. The molecule has 1 aliphatic rings. The smallest absolute Gasteiger partial charge is 0.241 e. The topological polar surface area (TPSA) is 58.2 Å². The molecule has 1 amide bonds. The second-order valence-electron chi connectivity index (χ2n) is 7.46. The van der Waals surface area contributed by atoms with Crippen LogP contribution in [0.1, 0.15) is 28.4 Å². The molecule has 1 fully saturated rings. The Morgan fingerprint density at radius 2 is 1.66 bits per heavy atom. The molecule has 0 bridgehead atoms. The van der Waals surface area contributed by atoms with Gasteiger partial charge in [0.2, 0.25) is 5.91 Å². The van der Waals surface area contributed by atoms with Crippen molar-refractivity contribution >= 4 is 53.0 Å². The van der Waals surface area contributed by atoms with Gasteiger partial charge in [0.15, 0.2) is 5.78 Å². The summed E-state index contributed by atoms with van der Waals surface area (Å²) in [6.45, 7) is 0. The third-order valence-corrected chi connectivity index (χ3v) is 5.84. The van der Waals surface area contributed by atoms with Gasteiger partial charge in [0.1, 0.15) is 5.82 Å². The van der Waals surface area contributed by atoms with Crippen molar-refractivity contribution in [1.82, 2.24) is 5.32 Å². The standard InChI is InChI=1S/C24H19Cl2FN2O2.ClH/c25-16-7-9-19(10-8-16)28-24(31)21-13-20(23(30)15-4-1-5-17(26)11-15)22(29-21)14-3-2-6-18(27)12-14;/h1-12,20-22,29H,13H2,(H,28,31);1H/t20-,21-,22-;/m0./s1. The molecule has 0 aromatic heterocycles. The average molecular weight is 494 g/mol. The average Bonchev–Trinajstić information content (AvgIpc) is 3.20. The Morgan fingerprint density at radius 3 is 2.34 bits per heavy atom. The van der Waals surface area contributed by atoms with Gasteiger partial charge in [0.05, 0.1) is 6.04 Å². The number of benzene rings is 3. The quantitative estimate of drug-likeness (QED) is 0.423. The Labute approximate surface area is 201 Å². The lowest BCUT2D eigenvalue weighted by Gasteiger charge is -2.19. The molecule has 3 aromatic carbocycles. The second-order valence-corrected chi connectivity index (χ2v) is 8.34. The molecule has 8 heteroatoms. The Hall–Kier alpha value is -2.44. The Kier molecular flexibility index (Phi) is 7.91. The number of amides is 1. The number of nitrogens with one attached hydrogen (secondary N) is 2. The SMILES string of the molecule is Cl.O=C(Nc1ccc(Cl)cc1)[C@@H]1C[C@H](C(=O)c2cccc(Cl)c2)[C@H](c2cccc(F)c2)N1. The van der Waals surface area contributed by atoms with Gasteiger partial charge >= 0.3 is 0 Å². The van der Waals surface area contributed by atoms with Gasteiger partial charge in [-0.3, -0.25) is 14.9 Å². The Bertz CT molecular complexity index is 1120. The van der Waals surface area contributed by atoms with E-state index in [4.69, 9.17) is 23.2 Å². The Balaban J connectivity index is 0.00000289. The number of hydrogen-bond donors (Lipinski definition) is 2. The summed E-state index contributed by atoms with van der Waals surface area (Å²) in [5, 5.41) is 7.08. The van der Waals surface area contributed by atoms with E-state index in [0.717, 1.165) is 0 Å². The third kappa shape index (κ3) is 5.48. The number of halogens is 4. The molecule has 1 aliphatic heterocycles. The van der Waals surface area contributed by atoms with Crippen LogP contribution in [-0.2, 0) is 4.79 Å². The molecule has 32 heavy (non-hydrogen) atoms. The van der Waals surface area contributed by atoms with Gasteiger partial charge in [0.25, 0.3) is 0 Å². The minimum absolute atomic E-state index is 0. The maximum absolute atomic E-state index is 13.9. The van der Waals surface area contributed by atoms with Crippen LogP contribution in [0.2, 0.25) is 10.0 Å². The van der Waals surface area contributed by atoms with Crippen LogP contribution in [0.3, 0.4) is 0 Å². The van der Waals surface area contributed by atoms with E-state index < -0.39 is 23.8 Å². The maximum atomic E-state index is 13.9. The molecule has 0 unspecified atom stereocenters. The summed E-state index contributed by atoms with van der Waals surface area (Å²) >= 11 is 12.0. The molecule has 3 aromatic rings. The van der Waals surface area contributed by atoms with E-state index in [1.165, 1.54) is 12.1 Å². The molecular formula is C24H20Cl3FN2O2. The molecular weight excluding hydrogens is 474 g/mol. The zero-order valence-corrected chi connectivity index (χ0v) is 19.1. The minimum Gasteiger partial charge on any atom is -0.325 e. The Morgan fingerprint density at radius 1 is 0.938 bits per heavy atom. The van der Waals surface area contributed by atoms with Gasteiger partial charge in [0, 0.05) is 33.3 Å². The van der Waals surface area contributed by atoms with Gasteiger partial charge in [-0.15, -0.1) is 12.4 Å². The number of anilines is 1. The number of Topliss-reactive ketones (excluding diaryl/α,β-unsaturated/α-hetero) is 1. The van der Waals surface area contributed by atoms with Crippen molar-refractivity contribution in [3.63, 3.8) is 0 Å². The first-order valence-electron chi connectivity index (χ1n) is 9.78. The number of carbonyl (C=O) groups is 2. The lowest BCUT2D eigenvalue weighted by molar-refractivity contribution is -0.117. The van der Waals surface area contributed by atoms with E-state index >= 15 is 0 Å². The lowest BCUT2D eigenvalue weighted by Crippen LogP contribution is -2.36. The first-order chi connectivity index (χ1) is 14.9. The van der Waals surface area contributed by atoms with Crippen LogP contribution >= 0.6 is 35.6 Å². The van der Waals surface area contributed by atoms with Gasteiger partial charge in [-0.2, -0.15) is 0 Å². The summed E-state index contributed by atoms with van der Waals surface area (Å²) in [5.41, 5.74) is 1.67. The van der Waals surface area contributed by atoms with E-state index in [9.17, 15) is 14.0 Å². The molecule has 0 spiro atoms. The first kappa shape index (κ1) is 24.2. The predicted molar refractivity (Wildman–Crippen MR) is 127 cm³/mol. The van der Waals surface area contributed by atoms with Crippen LogP contribution in [0, 0.1) is 11.7 Å². The maximum Gasteiger partial charge on any atom is 0.241 e. The van der Waals surface area contributed by atoms with E-state index in [1.807, 2.05) is 0 Å². The molecule has 4 nitrogen and oxygen atoms in total. The van der Waals surface area contributed by atoms with Crippen LogP contribution in [0.25, 0.3) is 0 Å². The monoisotopic (exact) mass is 492 g/mol. The molecule has 0 aliphatic carbocycles. The fourth-order valence-corrected chi connectivity index (χ4v) is 4.20.